The van der Waals surface area contributed by atoms with E-state index in [2.05, 4.69) is 5.32 Å². The highest BCUT2D eigenvalue weighted by molar-refractivity contribution is 5.97. The highest BCUT2D eigenvalue weighted by Gasteiger charge is 2.33. The van der Waals surface area contributed by atoms with Gasteiger partial charge in [-0.1, -0.05) is 42.5 Å². The predicted molar refractivity (Wildman–Crippen MR) is 101 cm³/mol. The maximum Gasteiger partial charge on any atom is 0.420 e. The number of nitrogens with zero attached hydrogens (tertiary/aromatic N) is 2. The van der Waals surface area contributed by atoms with Gasteiger partial charge in [0.1, 0.15) is 6.54 Å². The van der Waals surface area contributed by atoms with Crippen LogP contribution in [0.5, 0.6) is 0 Å². The number of benzene rings is 2. The summed E-state index contributed by atoms with van der Waals surface area (Å²) in [7, 11) is 0. The van der Waals surface area contributed by atoms with E-state index in [-0.39, 0.29) is 19.7 Å². The molecule has 148 valence electrons. The summed E-state index contributed by atoms with van der Waals surface area (Å²) in [4.78, 5) is 49.4. The first kappa shape index (κ1) is 18.5. The minimum absolute atomic E-state index is 0.0749. The Morgan fingerprint density at radius 2 is 1.76 bits per heavy atom. The van der Waals surface area contributed by atoms with Gasteiger partial charge in [-0.05, 0) is 17.7 Å². The lowest BCUT2D eigenvalue weighted by Crippen LogP contribution is -2.41. The third-order valence-corrected chi connectivity index (χ3v) is 4.62. The van der Waals surface area contributed by atoms with E-state index in [1.54, 1.807) is 48.5 Å². The number of imide groups is 1. The second-order valence-electron chi connectivity index (χ2n) is 6.51. The van der Waals surface area contributed by atoms with E-state index in [0.717, 1.165) is 4.90 Å². The molecule has 1 aromatic heterocycles. The second-order valence-corrected chi connectivity index (χ2v) is 6.51. The molecule has 3 amide bonds. The molecule has 2 heterocycles. The Bertz CT molecular complexity index is 1120. The number of carbonyl (C=O) groups is 3. The van der Waals surface area contributed by atoms with Gasteiger partial charge in [0.05, 0.1) is 18.1 Å². The number of cyclic esters (lactones) is 1. The first-order chi connectivity index (χ1) is 14.0. The molecule has 1 N–H and O–H groups in total. The Kier molecular flexibility index (Phi) is 4.86. The van der Waals surface area contributed by atoms with Crippen molar-refractivity contribution >= 4 is 29.0 Å². The van der Waals surface area contributed by atoms with Crippen molar-refractivity contribution in [2.45, 2.75) is 12.6 Å². The third-order valence-electron chi connectivity index (χ3n) is 4.62. The lowest BCUT2D eigenvalue weighted by atomic mass is 10.1. The van der Waals surface area contributed by atoms with E-state index in [1.807, 2.05) is 6.07 Å². The number of carbonyl (C=O) groups excluding carboxylic acids is 3. The molecular formula is C20H17N3O6. The number of aromatic nitrogens is 1. The van der Waals surface area contributed by atoms with Crippen LogP contribution in [0.3, 0.4) is 0 Å². The number of nitrogens with one attached hydrogen (secondary N) is 1. The van der Waals surface area contributed by atoms with Gasteiger partial charge >= 0.3 is 11.8 Å². The molecule has 1 atom stereocenters. The summed E-state index contributed by atoms with van der Waals surface area (Å²) < 4.78 is 11.1. The quantitative estimate of drug-likeness (QED) is 0.676. The van der Waals surface area contributed by atoms with Gasteiger partial charge < -0.3 is 14.5 Å². The van der Waals surface area contributed by atoms with Crippen molar-refractivity contribution in [3.63, 3.8) is 0 Å². The Morgan fingerprint density at radius 3 is 2.48 bits per heavy atom. The van der Waals surface area contributed by atoms with Gasteiger partial charge in [-0.2, -0.15) is 0 Å². The summed E-state index contributed by atoms with van der Waals surface area (Å²) >= 11 is 0. The van der Waals surface area contributed by atoms with Gasteiger partial charge in [0.25, 0.3) is 5.91 Å². The molecule has 1 saturated heterocycles. The third kappa shape index (κ3) is 3.75. The summed E-state index contributed by atoms with van der Waals surface area (Å²) in [6, 6.07) is 15.1. The van der Waals surface area contributed by atoms with E-state index >= 15 is 0 Å². The van der Waals surface area contributed by atoms with Crippen molar-refractivity contribution in [3.05, 3.63) is 70.7 Å². The van der Waals surface area contributed by atoms with E-state index in [1.165, 1.54) is 4.57 Å². The molecule has 9 nitrogen and oxygen atoms in total. The monoisotopic (exact) mass is 395 g/mol. The van der Waals surface area contributed by atoms with Gasteiger partial charge in [0.15, 0.2) is 12.2 Å². The van der Waals surface area contributed by atoms with Crippen LogP contribution in [-0.2, 0) is 20.9 Å². The summed E-state index contributed by atoms with van der Waals surface area (Å²) in [5.74, 6) is -1.58. The molecule has 1 aliphatic rings. The summed E-state index contributed by atoms with van der Waals surface area (Å²) in [5.41, 5.74) is 1.59. The van der Waals surface area contributed by atoms with Crippen molar-refractivity contribution in [1.82, 2.24) is 14.8 Å². The fourth-order valence-electron chi connectivity index (χ4n) is 3.21. The van der Waals surface area contributed by atoms with Gasteiger partial charge in [-0.3, -0.25) is 14.2 Å². The van der Waals surface area contributed by atoms with Crippen molar-refractivity contribution in [2.24, 2.45) is 0 Å². The van der Waals surface area contributed by atoms with Crippen molar-refractivity contribution in [2.75, 3.05) is 13.2 Å². The predicted octanol–water partition coefficient (Wildman–Crippen LogP) is 1.43. The van der Waals surface area contributed by atoms with E-state index in [9.17, 15) is 19.2 Å². The lowest BCUT2D eigenvalue weighted by molar-refractivity contribution is -0.127. The van der Waals surface area contributed by atoms with Gasteiger partial charge in [0.2, 0.25) is 5.91 Å². The topological polar surface area (TPSA) is 111 Å². The van der Waals surface area contributed by atoms with Crippen LogP contribution >= 0.6 is 0 Å². The van der Waals surface area contributed by atoms with Crippen molar-refractivity contribution in [1.29, 1.82) is 0 Å². The number of para-hydroxylation sites is 2. The molecule has 2 aromatic carbocycles. The molecule has 0 aliphatic carbocycles. The molecule has 0 saturated carbocycles. The molecule has 4 rings (SSSR count). The maximum absolute atomic E-state index is 12.7. The smallest absolute Gasteiger partial charge is 0.420 e. The largest absolute Gasteiger partial charge is 0.439 e. The fraction of sp³-hybridized carbons (Fsp3) is 0.200. The molecule has 3 aromatic rings. The normalized spacial score (nSPS) is 14.8. The number of hydrogen-bond donors (Lipinski definition) is 1. The van der Waals surface area contributed by atoms with E-state index in [0.29, 0.717) is 16.7 Å². The Morgan fingerprint density at radius 1 is 1.03 bits per heavy atom. The van der Waals surface area contributed by atoms with Crippen LogP contribution in [0.1, 0.15) is 11.6 Å². The van der Waals surface area contributed by atoms with Gasteiger partial charge in [0, 0.05) is 0 Å². The molecule has 29 heavy (non-hydrogen) atoms. The molecular weight excluding hydrogens is 378 g/mol. The SMILES string of the molecule is O=C(Cn1c(=O)oc2ccccc21)N[C@@H](CN1C(=O)COC1=O)c1ccccc1. The van der Waals surface area contributed by atoms with Crippen molar-refractivity contribution in [3.8, 4) is 0 Å². The minimum Gasteiger partial charge on any atom is -0.439 e. The number of oxazole rings is 1. The number of rotatable bonds is 6. The summed E-state index contributed by atoms with van der Waals surface area (Å²) in [5, 5.41) is 2.79. The number of fused-ring (bicyclic) bond motifs is 1. The zero-order valence-corrected chi connectivity index (χ0v) is 15.2. The fourth-order valence-corrected chi connectivity index (χ4v) is 3.21. The standard InChI is InChI=1S/C20H17N3O6/c24-17(11-22-15-8-4-5-9-16(15)29-20(22)27)21-14(13-6-2-1-3-7-13)10-23-18(25)12-28-19(23)26/h1-9,14H,10-12H2,(H,21,24)/t14-/m0/s1. The Balaban J connectivity index is 1.56. The van der Waals surface area contributed by atoms with Crippen LogP contribution in [0.4, 0.5) is 4.79 Å². The van der Waals surface area contributed by atoms with E-state index < -0.39 is 29.7 Å². The Hall–Kier alpha value is -3.88. The van der Waals surface area contributed by atoms with Crippen LogP contribution in [0.2, 0.25) is 0 Å². The van der Waals surface area contributed by atoms with E-state index in [4.69, 9.17) is 9.15 Å². The first-order valence-electron chi connectivity index (χ1n) is 8.93. The molecule has 9 heteroatoms. The number of ether oxygens (including phenoxy) is 1. The van der Waals surface area contributed by atoms with Gasteiger partial charge in [-0.15, -0.1) is 0 Å². The minimum atomic E-state index is -0.748. The number of hydrogen-bond acceptors (Lipinski definition) is 6. The highest BCUT2D eigenvalue weighted by atomic mass is 16.6. The van der Waals surface area contributed by atoms with Crippen LogP contribution in [0.25, 0.3) is 11.1 Å². The van der Waals surface area contributed by atoms with Crippen LogP contribution in [-0.4, -0.2) is 40.5 Å². The van der Waals surface area contributed by atoms with Crippen LogP contribution in [0, 0.1) is 0 Å². The molecule has 0 unspecified atom stereocenters. The molecule has 1 aliphatic heterocycles. The van der Waals surface area contributed by atoms with Crippen molar-refractivity contribution < 1.29 is 23.5 Å². The average Bonchev–Trinajstić information content (AvgIpc) is 3.21. The number of amides is 3. The zero-order valence-electron chi connectivity index (χ0n) is 15.2. The molecule has 1 fully saturated rings. The molecule has 0 spiro atoms. The average molecular weight is 395 g/mol. The van der Waals surface area contributed by atoms with Crippen LogP contribution < -0.4 is 11.1 Å². The highest BCUT2D eigenvalue weighted by Crippen LogP contribution is 2.18. The first-order valence-corrected chi connectivity index (χ1v) is 8.93. The lowest BCUT2D eigenvalue weighted by Gasteiger charge is -2.22. The summed E-state index contributed by atoms with van der Waals surface area (Å²) in [6.07, 6.45) is -0.748. The maximum atomic E-state index is 12.7. The molecule has 0 bridgehead atoms. The molecule has 0 radical (unpaired) electrons. The van der Waals surface area contributed by atoms with Crippen LogP contribution in [0.15, 0.2) is 63.8 Å². The Labute approximate surface area is 164 Å². The zero-order chi connectivity index (χ0) is 20.4. The second kappa shape index (κ2) is 7.63. The van der Waals surface area contributed by atoms with Gasteiger partial charge in [-0.25, -0.2) is 14.5 Å². The summed E-state index contributed by atoms with van der Waals surface area (Å²) in [6.45, 7) is -0.656.